The van der Waals surface area contributed by atoms with E-state index < -0.39 is 0 Å². The lowest BCUT2D eigenvalue weighted by Gasteiger charge is -1.94. The van der Waals surface area contributed by atoms with Crippen molar-refractivity contribution in [3.8, 4) is 0 Å². The van der Waals surface area contributed by atoms with Gasteiger partial charge in [-0.25, -0.2) is 0 Å². The molecule has 9 heavy (non-hydrogen) atoms. The van der Waals surface area contributed by atoms with Gasteiger partial charge in [-0.05, 0) is 18.6 Å². The molecule has 1 aliphatic heterocycles. The number of aliphatic hydroxyl groups excluding tert-OH is 1. The number of hydrogen-bond acceptors (Lipinski definition) is 3. The molecule has 1 aliphatic rings. The zero-order valence-electron chi connectivity index (χ0n) is 5.34. The summed E-state index contributed by atoms with van der Waals surface area (Å²) in [6.45, 7) is 1.04. The summed E-state index contributed by atoms with van der Waals surface area (Å²) in [5.41, 5.74) is 0. The van der Waals surface area contributed by atoms with E-state index in [4.69, 9.17) is 5.11 Å². The molecule has 0 saturated heterocycles. The Morgan fingerprint density at radius 1 is 1.56 bits per heavy atom. The van der Waals surface area contributed by atoms with Crippen LogP contribution in [0.1, 0.15) is 12.8 Å². The van der Waals surface area contributed by atoms with E-state index in [9.17, 15) is 0 Å². The van der Waals surface area contributed by atoms with Gasteiger partial charge in [0.2, 0.25) is 0 Å². The van der Waals surface area contributed by atoms with Crippen molar-refractivity contribution in [1.82, 2.24) is 0 Å². The van der Waals surface area contributed by atoms with Gasteiger partial charge < -0.3 is 5.11 Å². The number of aliphatic imine (C=N–C) groups is 1. The number of aliphatic hydroxyl groups is 1. The average molecular weight is 145 g/mol. The van der Waals surface area contributed by atoms with Gasteiger partial charge in [-0.1, -0.05) is 0 Å². The van der Waals surface area contributed by atoms with Gasteiger partial charge in [-0.3, -0.25) is 4.99 Å². The van der Waals surface area contributed by atoms with E-state index >= 15 is 0 Å². The van der Waals surface area contributed by atoms with Crippen molar-refractivity contribution in [2.24, 2.45) is 4.99 Å². The molecule has 52 valence electrons. The van der Waals surface area contributed by atoms with Crippen LogP contribution < -0.4 is 0 Å². The number of rotatable bonds is 1. The SMILES string of the molecule is OCC1=NCCCCS1. The van der Waals surface area contributed by atoms with Crippen molar-refractivity contribution in [1.29, 1.82) is 0 Å². The van der Waals surface area contributed by atoms with Gasteiger partial charge in [0, 0.05) is 6.54 Å². The topological polar surface area (TPSA) is 32.6 Å². The first-order chi connectivity index (χ1) is 4.43. The second-order valence-corrected chi connectivity index (χ2v) is 3.16. The fourth-order valence-corrected chi connectivity index (χ4v) is 1.61. The molecule has 3 heteroatoms. The van der Waals surface area contributed by atoms with E-state index in [1.807, 2.05) is 0 Å². The maximum Gasteiger partial charge on any atom is 0.0931 e. The molecule has 1 rings (SSSR count). The van der Waals surface area contributed by atoms with Crippen molar-refractivity contribution in [3.63, 3.8) is 0 Å². The molecule has 2 nitrogen and oxygen atoms in total. The van der Waals surface area contributed by atoms with Gasteiger partial charge >= 0.3 is 0 Å². The van der Waals surface area contributed by atoms with Gasteiger partial charge in [0.25, 0.3) is 0 Å². The Kier molecular flexibility index (Phi) is 3.08. The van der Waals surface area contributed by atoms with Crippen LogP contribution in [0.5, 0.6) is 0 Å². The Morgan fingerprint density at radius 3 is 3.22 bits per heavy atom. The highest BCUT2D eigenvalue weighted by molar-refractivity contribution is 8.14. The van der Waals surface area contributed by atoms with Crippen molar-refractivity contribution in [2.45, 2.75) is 12.8 Å². The zero-order valence-corrected chi connectivity index (χ0v) is 6.15. The highest BCUT2D eigenvalue weighted by Crippen LogP contribution is 2.11. The van der Waals surface area contributed by atoms with Crippen molar-refractivity contribution < 1.29 is 5.11 Å². The van der Waals surface area contributed by atoms with Gasteiger partial charge in [0.15, 0.2) is 0 Å². The largest absolute Gasteiger partial charge is 0.390 e. The van der Waals surface area contributed by atoms with Crippen molar-refractivity contribution in [3.05, 3.63) is 0 Å². The molecule has 0 aromatic heterocycles. The first-order valence-electron chi connectivity index (χ1n) is 3.20. The Balaban J connectivity index is 2.37. The minimum Gasteiger partial charge on any atom is -0.390 e. The standard InChI is InChI=1S/C6H11NOS/c8-5-6-7-3-1-2-4-9-6/h8H,1-5H2. The summed E-state index contributed by atoms with van der Waals surface area (Å²) in [5, 5.41) is 9.57. The molecule has 0 amide bonds. The van der Waals surface area contributed by atoms with Crippen LogP contribution in [0.4, 0.5) is 0 Å². The normalized spacial score (nSPS) is 20.8. The van der Waals surface area contributed by atoms with E-state index in [0.29, 0.717) is 0 Å². The molecule has 0 aromatic carbocycles. The first kappa shape index (κ1) is 7.09. The molecule has 0 fully saturated rings. The molecule has 1 heterocycles. The quantitative estimate of drug-likeness (QED) is 0.594. The lowest BCUT2D eigenvalue weighted by atomic mass is 10.3. The Labute approximate surface area is 59.4 Å². The summed E-state index contributed by atoms with van der Waals surface area (Å²) in [6, 6.07) is 0. The smallest absolute Gasteiger partial charge is 0.0931 e. The summed E-state index contributed by atoms with van der Waals surface area (Å²) in [4.78, 5) is 4.17. The molecule has 0 spiro atoms. The van der Waals surface area contributed by atoms with Gasteiger partial charge in [-0.15, -0.1) is 11.8 Å². The van der Waals surface area contributed by atoms with E-state index in [2.05, 4.69) is 4.99 Å². The van der Waals surface area contributed by atoms with Crippen LogP contribution in [0, 0.1) is 0 Å². The minimum absolute atomic E-state index is 0.130. The summed E-state index contributed by atoms with van der Waals surface area (Å²) < 4.78 is 0. The summed E-state index contributed by atoms with van der Waals surface area (Å²) in [5.74, 6) is 1.12. The fraction of sp³-hybridized carbons (Fsp3) is 0.833. The van der Waals surface area contributed by atoms with Gasteiger partial charge in [0.05, 0.1) is 11.7 Å². The third-order valence-corrected chi connectivity index (χ3v) is 2.33. The van der Waals surface area contributed by atoms with Crippen molar-refractivity contribution in [2.75, 3.05) is 18.9 Å². The highest BCUT2D eigenvalue weighted by atomic mass is 32.2. The minimum atomic E-state index is 0.130. The van der Waals surface area contributed by atoms with Gasteiger partial charge in [-0.2, -0.15) is 0 Å². The average Bonchev–Trinajstić information content (AvgIpc) is 2.13. The lowest BCUT2D eigenvalue weighted by Crippen LogP contribution is -1.98. The summed E-state index contributed by atoms with van der Waals surface area (Å²) >= 11 is 1.68. The Hall–Kier alpha value is -0.0200. The third-order valence-electron chi connectivity index (χ3n) is 1.24. The molecule has 0 aliphatic carbocycles. The monoisotopic (exact) mass is 145 g/mol. The van der Waals surface area contributed by atoms with E-state index in [0.717, 1.165) is 17.3 Å². The maximum absolute atomic E-state index is 8.66. The Morgan fingerprint density at radius 2 is 2.44 bits per heavy atom. The Bertz CT molecular complexity index is 114. The predicted octanol–water partition coefficient (Wildman–Crippen LogP) is 0.904. The third kappa shape index (κ3) is 2.37. The molecule has 0 bridgehead atoms. The van der Waals surface area contributed by atoms with Crippen LogP contribution in [-0.2, 0) is 0 Å². The number of thioether (sulfide) groups is 1. The van der Waals surface area contributed by atoms with Crippen molar-refractivity contribution >= 4 is 16.8 Å². The number of nitrogens with zero attached hydrogens (tertiary/aromatic N) is 1. The molecule has 0 radical (unpaired) electrons. The molecule has 0 saturated carbocycles. The van der Waals surface area contributed by atoms with E-state index in [1.165, 1.54) is 12.8 Å². The maximum atomic E-state index is 8.66. The summed E-state index contributed by atoms with van der Waals surface area (Å²) in [6.07, 6.45) is 2.41. The van der Waals surface area contributed by atoms with Gasteiger partial charge in [0.1, 0.15) is 0 Å². The lowest BCUT2D eigenvalue weighted by molar-refractivity contribution is 0.360. The predicted molar refractivity (Wildman–Crippen MR) is 41.1 cm³/mol. The first-order valence-corrected chi connectivity index (χ1v) is 4.19. The highest BCUT2D eigenvalue weighted by Gasteiger charge is 2.01. The molecule has 0 aromatic rings. The van der Waals surface area contributed by atoms with E-state index in [1.54, 1.807) is 11.8 Å². The molecular weight excluding hydrogens is 134 g/mol. The summed E-state index contributed by atoms with van der Waals surface area (Å²) in [7, 11) is 0. The number of hydrogen-bond donors (Lipinski definition) is 1. The fourth-order valence-electron chi connectivity index (χ4n) is 0.749. The van der Waals surface area contributed by atoms with Crippen LogP contribution >= 0.6 is 11.8 Å². The second kappa shape index (κ2) is 3.90. The molecular formula is C6H11NOS. The van der Waals surface area contributed by atoms with E-state index in [-0.39, 0.29) is 6.61 Å². The molecule has 1 N–H and O–H groups in total. The van der Waals surface area contributed by atoms with Crippen LogP contribution in [0.3, 0.4) is 0 Å². The van der Waals surface area contributed by atoms with Crippen LogP contribution in [-0.4, -0.2) is 29.1 Å². The molecule has 0 unspecified atom stereocenters. The van der Waals surface area contributed by atoms with Crippen LogP contribution in [0.25, 0.3) is 0 Å². The van der Waals surface area contributed by atoms with Crippen LogP contribution in [0.15, 0.2) is 4.99 Å². The molecule has 0 atom stereocenters. The van der Waals surface area contributed by atoms with Crippen LogP contribution in [0.2, 0.25) is 0 Å². The second-order valence-electron chi connectivity index (χ2n) is 1.99. The zero-order chi connectivity index (χ0) is 6.53.